The second-order valence-electron chi connectivity index (χ2n) is 9.22. The molecule has 2 aromatic heterocycles. The number of hydrogen-bond acceptors (Lipinski definition) is 5. The van der Waals surface area contributed by atoms with E-state index in [0.717, 1.165) is 66.6 Å². The summed E-state index contributed by atoms with van der Waals surface area (Å²) in [4.78, 5) is 19.0. The Morgan fingerprint density at radius 1 is 1.03 bits per heavy atom. The normalized spacial score (nSPS) is 20.0. The maximum atomic E-state index is 13.4. The number of aromatic nitrogens is 5. The van der Waals surface area contributed by atoms with Crippen LogP contribution < -0.4 is 5.56 Å². The number of benzene rings is 1. The molecule has 1 aliphatic carbocycles. The molecule has 0 bridgehead atoms. The number of likely N-dealkylation sites (tertiary alicyclic amines) is 1. The van der Waals surface area contributed by atoms with Gasteiger partial charge in [-0.25, -0.2) is 4.68 Å². The number of rotatable bonds is 4. The molecule has 1 N–H and O–H groups in total. The van der Waals surface area contributed by atoms with Crippen molar-refractivity contribution in [2.75, 3.05) is 13.1 Å². The number of H-pyrrole nitrogens is 1. The Morgan fingerprint density at radius 2 is 1.77 bits per heavy atom. The second kappa shape index (κ2) is 8.91. The molecule has 1 saturated heterocycles. The van der Waals surface area contributed by atoms with E-state index in [1.54, 1.807) is 0 Å². The molecule has 31 heavy (non-hydrogen) atoms. The average Bonchev–Trinajstić information content (AvgIpc) is 3.11. The lowest BCUT2D eigenvalue weighted by Gasteiger charge is -2.31. The van der Waals surface area contributed by atoms with Crippen LogP contribution in [0, 0.1) is 6.92 Å². The minimum absolute atomic E-state index is 0.0331. The van der Waals surface area contributed by atoms with Gasteiger partial charge in [0.1, 0.15) is 6.04 Å². The molecular formula is C24H32N6O. The molecule has 7 heteroatoms. The van der Waals surface area contributed by atoms with Gasteiger partial charge in [0.15, 0.2) is 5.82 Å². The first-order chi connectivity index (χ1) is 15.2. The molecule has 0 spiro atoms. The van der Waals surface area contributed by atoms with Crippen molar-refractivity contribution in [1.29, 1.82) is 0 Å². The zero-order valence-electron chi connectivity index (χ0n) is 18.4. The lowest BCUT2D eigenvalue weighted by atomic mass is 9.95. The summed E-state index contributed by atoms with van der Waals surface area (Å²) in [5, 5.41) is 14.1. The van der Waals surface area contributed by atoms with Crippen molar-refractivity contribution in [3.8, 4) is 0 Å². The van der Waals surface area contributed by atoms with Gasteiger partial charge in [-0.15, -0.1) is 5.10 Å². The van der Waals surface area contributed by atoms with Crippen LogP contribution in [0.3, 0.4) is 0 Å². The van der Waals surface area contributed by atoms with Gasteiger partial charge in [-0.2, -0.15) is 0 Å². The van der Waals surface area contributed by atoms with E-state index in [0.29, 0.717) is 6.04 Å². The van der Waals surface area contributed by atoms with Crippen molar-refractivity contribution in [2.24, 2.45) is 0 Å². The number of aryl methyl sites for hydroxylation is 1. The Balaban J connectivity index is 1.64. The third-order valence-electron chi connectivity index (χ3n) is 7.10. The van der Waals surface area contributed by atoms with E-state index in [4.69, 9.17) is 0 Å². The SMILES string of the molecule is Cc1cccc2cc([C@H](c3nnnn3C3CCCCC3)N3CCCCCC3)c(=O)[nH]c12. The summed E-state index contributed by atoms with van der Waals surface area (Å²) in [5.41, 5.74) is 2.72. The van der Waals surface area contributed by atoms with Gasteiger partial charge in [-0.1, -0.05) is 50.3 Å². The highest BCUT2D eigenvalue weighted by Gasteiger charge is 2.33. The standard InChI is InChI=1S/C24H32N6O/c1-17-10-9-11-18-16-20(24(31)25-21(17)18)22(29-14-7-2-3-8-15-29)23-26-27-28-30(23)19-12-5-4-6-13-19/h9-11,16,19,22H,2-8,12-15H2,1H3,(H,25,31)/t22-/m1/s1. The van der Waals surface area contributed by atoms with Crippen molar-refractivity contribution in [2.45, 2.75) is 76.8 Å². The van der Waals surface area contributed by atoms with Crippen molar-refractivity contribution < 1.29 is 0 Å². The zero-order valence-corrected chi connectivity index (χ0v) is 18.4. The van der Waals surface area contributed by atoms with E-state index in [9.17, 15) is 4.79 Å². The van der Waals surface area contributed by atoms with Crippen LogP contribution in [0.1, 0.15) is 86.8 Å². The van der Waals surface area contributed by atoms with Crippen LogP contribution in [0.15, 0.2) is 29.1 Å². The molecule has 7 nitrogen and oxygen atoms in total. The maximum Gasteiger partial charge on any atom is 0.253 e. The first kappa shape index (κ1) is 20.4. The molecule has 1 aromatic carbocycles. The van der Waals surface area contributed by atoms with E-state index in [1.165, 1.54) is 32.1 Å². The number of nitrogens with zero attached hydrogens (tertiary/aromatic N) is 5. The highest BCUT2D eigenvalue weighted by Crippen LogP contribution is 2.34. The fraction of sp³-hybridized carbons (Fsp3) is 0.583. The highest BCUT2D eigenvalue weighted by molar-refractivity contribution is 5.82. The number of para-hydroxylation sites is 1. The molecule has 0 unspecified atom stereocenters. The summed E-state index contributed by atoms with van der Waals surface area (Å²) < 4.78 is 2.04. The van der Waals surface area contributed by atoms with Crippen LogP contribution in [-0.4, -0.2) is 43.2 Å². The van der Waals surface area contributed by atoms with Crippen LogP contribution in [0.25, 0.3) is 10.9 Å². The zero-order chi connectivity index (χ0) is 21.2. The molecule has 2 fully saturated rings. The number of aromatic amines is 1. The fourth-order valence-electron chi connectivity index (χ4n) is 5.42. The van der Waals surface area contributed by atoms with E-state index < -0.39 is 0 Å². The summed E-state index contributed by atoms with van der Waals surface area (Å²) in [6.45, 7) is 3.97. The molecule has 2 aliphatic rings. The summed E-state index contributed by atoms with van der Waals surface area (Å²) in [7, 11) is 0. The molecule has 164 valence electrons. The van der Waals surface area contributed by atoms with E-state index in [-0.39, 0.29) is 11.6 Å². The predicted octanol–water partition coefficient (Wildman–Crippen LogP) is 4.29. The van der Waals surface area contributed by atoms with Gasteiger partial charge in [-0.05, 0) is 73.1 Å². The first-order valence-electron chi connectivity index (χ1n) is 11.9. The largest absolute Gasteiger partial charge is 0.321 e. The van der Waals surface area contributed by atoms with Gasteiger partial charge < -0.3 is 4.98 Å². The molecule has 1 saturated carbocycles. The lowest BCUT2D eigenvalue weighted by Crippen LogP contribution is -2.36. The van der Waals surface area contributed by atoms with Crippen LogP contribution in [0.5, 0.6) is 0 Å². The molecule has 3 aromatic rings. The van der Waals surface area contributed by atoms with E-state index in [2.05, 4.69) is 37.5 Å². The van der Waals surface area contributed by atoms with Gasteiger partial charge in [0.25, 0.3) is 5.56 Å². The third-order valence-corrected chi connectivity index (χ3v) is 7.10. The highest BCUT2D eigenvalue weighted by atomic mass is 16.1. The Kier molecular flexibility index (Phi) is 5.85. The van der Waals surface area contributed by atoms with Gasteiger partial charge in [-0.3, -0.25) is 9.69 Å². The van der Waals surface area contributed by atoms with Gasteiger partial charge >= 0.3 is 0 Å². The third kappa shape index (κ3) is 4.03. The number of fused-ring (bicyclic) bond motifs is 1. The minimum atomic E-state index is -0.219. The van der Waals surface area contributed by atoms with Gasteiger partial charge in [0, 0.05) is 5.56 Å². The maximum absolute atomic E-state index is 13.4. The van der Waals surface area contributed by atoms with Crippen molar-refractivity contribution >= 4 is 10.9 Å². The quantitative estimate of drug-likeness (QED) is 0.681. The number of nitrogens with one attached hydrogen (secondary N) is 1. The monoisotopic (exact) mass is 420 g/mol. The van der Waals surface area contributed by atoms with Gasteiger partial charge in [0.2, 0.25) is 0 Å². The summed E-state index contributed by atoms with van der Waals surface area (Å²) >= 11 is 0. The lowest BCUT2D eigenvalue weighted by molar-refractivity contribution is 0.210. The van der Waals surface area contributed by atoms with E-state index in [1.807, 2.05) is 23.7 Å². The average molecular weight is 421 g/mol. The van der Waals surface area contributed by atoms with Crippen LogP contribution in [0.2, 0.25) is 0 Å². The summed E-state index contributed by atoms with van der Waals surface area (Å²) in [5.74, 6) is 0.825. The molecular weight excluding hydrogens is 388 g/mol. The Morgan fingerprint density at radius 3 is 2.55 bits per heavy atom. The predicted molar refractivity (Wildman–Crippen MR) is 121 cm³/mol. The van der Waals surface area contributed by atoms with E-state index >= 15 is 0 Å². The molecule has 3 heterocycles. The Bertz CT molecular complexity index is 1090. The Labute approximate surface area is 182 Å². The Hall–Kier alpha value is -2.54. The number of tetrazole rings is 1. The number of hydrogen-bond donors (Lipinski definition) is 1. The molecule has 1 atom stereocenters. The van der Waals surface area contributed by atoms with Crippen LogP contribution in [-0.2, 0) is 0 Å². The van der Waals surface area contributed by atoms with Crippen molar-refractivity contribution in [3.05, 3.63) is 51.6 Å². The molecule has 1 aliphatic heterocycles. The van der Waals surface area contributed by atoms with Gasteiger partial charge in [0.05, 0.1) is 11.6 Å². The fourth-order valence-corrected chi connectivity index (χ4v) is 5.42. The molecule has 0 radical (unpaired) electrons. The first-order valence-corrected chi connectivity index (χ1v) is 11.9. The molecule has 5 rings (SSSR count). The number of pyridine rings is 1. The van der Waals surface area contributed by atoms with Crippen LogP contribution in [0.4, 0.5) is 0 Å². The van der Waals surface area contributed by atoms with Crippen LogP contribution >= 0.6 is 0 Å². The molecule has 0 amide bonds. The van der Waals surface area contributed by atoms with Crippen molar-refractivity contribution in [1.82, 2.24) is 30.1 Å². The minimum Gasteiger partial charge on any atom is -0.321 e. The smallest absolute Gasteiger partial charge is 0.253 e. The summed E-state index contributed by atoms with van der Waals surface area (Å²) in [6, 6.07) is 8.33. The second-order valence-corrected chi connectivity index (χ2v) is 9.22. The van der Waals surface area contributed by atoms with Crippen molar-refractivity contribution in [3.63, 3.8) is 0 Å². The topological polar surface area (TPSA) is 79.7 Å². The summed E-state index contributed by atoms with van der Waals surface area (Å²) in [6.07, 6.45) is 10.7.